The van der Waals surface area contributed by atoms with Gasteiger partial charge in [-0.05, 0) is 44.9 Å². The van der Waals surface area contributed by atoms with Crippen LogP contribution in [-0.4, -0.2) is 5.91 Å². The van der Waals surface area contributed by atoms with Crippen molar-refractivity contribution in [2.75, 3.05) is 0 Å². The molecule has 0 aromatic rings. The fourth-order valence-corrected chi connectivity index (χ4v) is 1.76. The van der Waals surface area contributed by atoms with Gasteiger partial charge in [0.2, 0.25) is 5.91 Å². The highest BCUT2D eigenvalue weighted by atomic mass is 16.1. The van der Waals surface area contributed by atoms with Gasteiger partial charge in [-0.15, -0.1) is 0 Å². The SMILES string of the molecule is CC.CC/C=C\C/C=C\C/C=C\C/C=C\C/C=C\CCCC(N)=O. The Morgan fingerprint density at radius 3 is 1.46 bits per heavy atom. The van der Waals surface area contributed by atoms with E-state index in [9.17, 15) is 4.79 Å². The number of rotatable bonds is 13. The minimum atomic E-state index is -0.215. The molecule has 136 valence electrons. The van der Waals surface area contributed by atoms with E-state index in [0.717, 1.165) is 44.9 Å². The molecule has 24 heavy (non-hydrogen) atoms. The molecule has 0 aliphatic rings. The number of nitrogens with two attached hydrogens (primary N) is 1. The van der Waals surface area contributed by atoms with Crippen LogP contribution in [0.2, 0.25) is 0 Å². The summed E-state index contributed by atoms with van der Waals surface area (Å²) < 4.78 is 0. The van der Waals surface area contributed by atoms with Gasteiger partial charge >= 0.3 is 0 Å². The van der Waals surface area contributed by atoms with Crippen molar-refractivity contribution in [3.05, 3.63) is 60.8 Å². The van der Waals surface area contributed by atoms with Gasteiger partial charge in [0, 0.05) is 6.42 Å². The van der Waals surface area contributed by atoms with Gasteiger partial charge in [-0.25, -0.2) is 0 Å². The van der Waals surface area contributed by atoms with Crippen LogP contribution in [-0.2, 0) is 4.79 Å². The molecule has 0 saturated carbocycles. The molecule has 0 aliphatic heterocycles. The van der Waals surface area contributed by atoms with Crippen molar-refractivity contribution in [3.63, 3.8) is 0 Å². The number of carbonyl (C=O) groups excluding carboxylic acids is 1. The Morgan fingerprint density at radius 1 is 0.708 bits per heavy atom. The zero-order valence-electron chi connectivity index (χ0n) is 15.9. The second-order valence-electron chi connectivity index (χ2n) is 5.07. The van der Waals surface area contributed by atoms with Gasteiger partial charge in [-0.1, -0.05) is 81.5 Å². The summed E-state index contributed by atoms with van der Waals surface area (Å²) in [6.07, 6.45) is 29.1. The van der Waals surface area contributed by atoms with Gasteiger partial charge in [0.1, 0.15) is 0 Å². The molecule has 0 radical (unpaired) electrons. The maximum absolute atomic E-state index is 10.5. The molecule has 0 spiro atoms. The molecule has 0 aliphatic carbocycles. The molecule has 2 heteroatoms. The minimum absolute atomic E-state index is 0.215. The summed E-state index contributed by atoms with van der Waals surface area (Å²) in [5.41, 5.74) is 5.07. The second-order valence-corrected chi connectivity index (χ2v) is 5.07. The molecule has 0 aromatic heterocycles. The van der Waals surface area contributed by atoms with Crippen molar-refractivity contribution in [3.8, 4) is 0 Å². The van der Waals surface area contributed by atoms with Gasteiger partial charge in [-0.2, -0.15) is 0 Å². The number of hydrogen-bond donors (Lipinski definition) is 1. The van der Waals surface area contributed by atoms with Crippen molar-refractivity contribution in [1.82, 2.24) is 0 Å². The van der Waals surface area contributed by atoms with Gasteiger partial charge in [0.15, 0.2) is 0 Å². The van der Waals surface area contributed by atoms with Gasteiger partial charge < -0.3 is 5.73 Å². The maximum atomic E-state index is 10.5. The van der Waals surface area contributed by atoms with Crippen LogP contribution in [0.1, 0.15) is 72.1 Å². The van der Waals surface area contributed by atoms with E-state index in [2.05, 4.69) is 67.7 Å². The smallest absolute Gasteiger partial charge is 0.217 e. The van der Waals surface area contributed by atoms with Crippen LogP contribution in [0.3, 0.4) is 0 Å². The number of carbonyl (C=O) groups is 1. The zero-order valence-corrected chi connectivity index (χ0v) is 15.9. The minimum Gasteiger partial charge on any atom is -0.370 e. The van der Waals surface area contributed by atoms with Crippen molar-refractivity contribution < 1.29 is 4.79 Å². The normalized spacial score (nSPS) is 12.0. The van der Waals surface area contributed by atoms with Crippen LogP contribution in [0.15, 0.2) is 60.8 Å². The zero-order chi connectivity index (χ0) is 18.3. The van der Waals surface area contributed by atoms with Crippen LogP contribution in [0.5, 0.6) is 0 Å². The lowest BCUT2D eigenvalue weighted by molar-refractivity contribution is -0.118. The molecule has 2 nitrogen and oxygen atoms in total. The summed E-state index contributed by atoms with van der Waals surface area (Å²) in [5, 5.41) is 0. The molecule has 0 aromatic carbocycles. The second kappa shape index (κ2) is 23.4. The first-order chi connectivity index (χ1) is 11.8. The van der Waals surface area contributed by atoms with E-state index in [-0.39, 0.29) is 5.91 Å². The topological polar surface area (TPSA) is 43.1 Å². The van der Waals surface area contributed by atoms with Crippen LogP contribution in [0, 0.1) is 0 Å². The molecular formula is C22H37NO. The highest BCUT2D eigenvalue weighted by Gasteiger charge is 1.90. The van der Waals surface area contributed by atoms with E-state index >= 15 is 0 Å². The van der Waals surface area contributed by atoms with Crippen LogP contribution in [0.25, 0.3) is 0 Å². The molecule has 0 heterocycles. The Kier molecular flexibility index (Phi) is 23.8. The predicted octanol–water partition coefficient (Wildman–Crippen LogP) is 6.42. The number of hydrogen-bond acceptors (Lipinski definition) is 1. The van der Waals surface area contributed by atoms with E-state index in [1.807, 2.05) is 13.8 Å². The lowest BCUT2D eigenvalue weighted by Gasteiger charge is -1.90. The number of amides is 1. The van der Waals surface area contributed by atoms with Crippen molar-refractivity contribution >= 4 is 5.91 Å². The molecule has 2 N–H and O–H groups in total. The Balaban J connectivity index is 0. The molecular weight excluding hydrogens is 294 g/mol. The molecule has 0 atom stereocenters. The first-order valence-corrected chi connectivity index (χ1v) is 9.30. The first-order valence-electron chi connectivity index (χ1n) is 9.30. The van der Waals surface area contributed by atoms with E-state index in [1.165, 1.54) is 0 Å². The third-order valence-electron chi connectivity index (χ3n) is 2.95. The summed E-state index contributed by atoms with van der Waals surface area (Å²) in [6, 6.07) is 0. The maximum Gasteiger partial charge on any atom is 0.217 e. The summed E-state index contributed by atoms with van der Waals surface area (Å²) in [7, 11) is 0. The Bertz CT molecular complexity index is 400. The third-order valence-corrected chi connectivity index (χ3v) is 2.95. The average molecular weight is 332 g/mol. The van der Waals surface area contributed by atoms with Gasteiger partial charge in [0.25, 0.3) is 0 Å². The molecule has 0 unspecified atom stereocenters. The number of unbranched alkanes of at least 4 members (excludes halogenated alkanes) is 1. The van der Waals surface area contributed by atoms with Gasteiger partial charge in [0.05, 0.1) is 0 Å². The number of primary amides is 1. The van der Waals surface area contributed by atoms with Crippen molar-refractivity contribution in [1.29, 1.82) is 0 Å². The first kappa shape index (κ1) is 24.4. The van der Waals surface area contributed by atoms with Crippen molar-refractivity contribution in [2.24, 2.45) is 5.73 Å². The Hall–Kier alpha value is -1.83. The van der Waals surface area contributed by atoms with Crippen molar-refractivity contribution in [2.45, 2.75) is 72.1 Å². The largest absolute Gasteiger partial charge is 0.370 e. The Labute approximate surface area is 149 Å². The summed E-state index contributed by atoms with van der Waals surface area (Å²) in [6.45, 7) is 6.15. The third kappa shape index (κ3) is 25.1. The van der Waals surface area contributed by atoms with Gasteiger partial charge in [-0.3, -0.25) is 4.79 Å². The monoisotopic (exact) mass is 331 g/mol. The summed E-state index contributed by atoms with van der Waals surface area (Å²) >= 11 is 0. The molecule has 1 amide bonds. The van der Waals surface area contributed by atoms with E-state index in [1.54, 1.807) is 0 Å². The lowest BCUT2D eigenvalue weighted by atomic mass is 10.2. The quantitative estimate of drug-likeness (QED) is 0.307. The molecule has 0 saturated heterocycles. The molecule has 0 bridgehead atoms. The van der Waals surface area contributed by atoms with Crippen LogP contribution >= 0.6 is 0 Å². The van der Waals surface area contributed by atoms with E-state index in [4.69, 9.17) is 5.73 Å². The van der Waals surface area contributed by atoms with E-state index < -0.39 is 0 Å². The number of allylic oxidation sites excluding steroid dienone is 10. The molecule has 0 fully saturated rings. The van der Waals surface area contributed by atoms with Crippen LogP contribution < -0.4 is 5.73 Å². The summed E-state index contributed by atoms with van der Waals surface area (Å²) in [5.74, 6) is -0.215. The van der Waals surface area contributed by atoms with Crippen LogP contribution in [0.4, 0.5) is 0 Å². The fourth-order valence-electron chi connectivity index (χ4n) is 1.76. The predicted molar refractivity (Wildman–Crippen MR) is 109 cm³/mol. The van der Waals surface area contributed by atoms with E-state index in [0.29, 0.717) is 6.42 Å². The highest BCUT2D eigenvalue weighted by Crippen LogP contribution is 1.98. The Morgan fingerprint density at radius 2 is 1.08 bits per heavy atom. The lowest BCUT2D eigenvalue weighted by Crippen LogP contribution is -2.09. The average Bonchev–Trinajstić information content (AvgIpc) is 2.59. The summed E-state index contributed by atoms with van der Waals surface area (Å²) in [4.78, 5) is 10.5. The highest BCUT2D eigenvalue weighted by molar-refractivity contribution is 5.73. The molecule has 0 rings (SSSR count). The standard InChI is InChI=1S/C20H31NO.C2H6/c1-2-3-4-5-6-7-8-9-10-11-12-13-14-15-16-17-18-19-20(21)22;1-2/h3-4,6-7,9-10,12-13,15-16H,2,5,8,11,14,17-19H2,1H3,(H2,21,22);1-2H3/b4-3-,7-6-,10-9-,13-12-,16-15-;. The fraction of sp³-hybridized carbons (Fsp3) is 0.500.